The average Bonchev–Trinajstić information content (AvgIpc) is 2.54. The fourth-order valence-corrected chi connectivity index (χ4v) is 1.80. The third-order valence-corrected chi connectivity index (χ3v) is 2.41. The number of furan rings is 1. The lowest BCUT2D eigenvalue weighted by molar-refractivity contribution is -0.140. The molecule has 1 aliphatic carbocycles. The van der Waals surface area contributed by atoms with Gasteiger partial charge in [-0.1, -0.05) is 0 Å². The molecule has 1 unspecified atom stereocenters. The number of aryl methyl sites for hydroxylation is 1. The first-order valence-electron chi connectivity index (χ1n) is 4.09. The van der Waals surface area contributed by atoms with E-state index in [1.807, 2.05) is 0 Å². The van der Waals surface area contributed by atoms with Crippen molar-refractivity contribution in [1.29, 1.82) is 0 Å². The van der Waals surface area contributed by atoms with Crippen molar-refractivity contribution in [3.63, 3.8) is 0 Å². The molecule has 0 radical (unpaired) electrons. The fraction of sp³-hybridized carbons (Fsp3) is 0.444. The standard InChI is InChI=1S/C9H9FO3/c10-9(5-8(11)12)3-1-7-6(9)2-4-13-7/h2,4H,1,3,5H2,(H,11,12). The Balaban J connectivity index is 2.32. The van der Waals surface area contributed by atoms with E-state index >= 15 is 0 Å². The van der Waals surface area contributed by atoms with Crippen LogP contribution in [0.1, 0.15) is 24.2 Å². The lowest BCUT2D eigenvalue weighted by Gasteiger charge is -2.15. The molecule has 0 aromatic carbocycles. The van der Waals surface area contributed by atoms with Crippen LogP contribution in [0.4, 0.5) is 4.39 Å². The quantitative estimate of drug-likeness (QED) is 0.763. The summed E-state index contributed by atoms with van der Waals surface area (Å²) >= 11 is 0. The van der Waals surface area contributed by atoms with E-state index in [1.165, 1.54) is 12.3 Å². The molecule has 1 heterocycles. The van der Waals surface area contributed by atoms with Gasteiger partial charge in [-0.25, -0.2) is 4.39 Å². The van der Waals surface area contributed by atoms with Crippen LogP contribution in [-0.2, 0) is 16.9 Å². The topological polar surface area (TPSA) is 50.4 Å². The second-order valence-corrected chi connectivity index (χ2v) is 3.29. The van der Waals surface area contributed by atoms with Gasteiger partial charge in [-0.05, 0) is 12.5 Å². The maximum Gasteiger partial charge on any atom is 0.306 e. The first-order valence-corrected chi connectivity index (χ1v) is 4.09. The van der Waals surface area contributed by atoms with Crippen LogP contribution in [0, 0.1) is 0 Å². The minimum atomic E-state index is -1.71. The van der Waals surface area contributed by atoms with Gasteiger partial charge in [0.05, 0.1) is 12.7 Å². The van der Waals surface area contributed by atoms with Crippen LogP contribution < -0.4 is 0 Å². The van der Waals surface area contributed by atoms with Crippen molar-refractivity contribution >= 4 is 5.97 Å². The highest BCUT2D eigenvalue weighted by atomic mass is 19.1. The third-order valence-electron chi connectivity index (χ3n) is 2.41. The molecule has 0 aliphatic heterocycles. The van der Waals surface area contributed by atoms with Gasteiger partial charge in [0.1, 0.15) is 11.4 Å². The zero-order valence-corrected chi connectivity index (χ0v) is 6.92. The van der Waals surface area contributed by atoms with Crippen LogP contribution in [0.15, 0.2) is 16.7 Å². The van der Waals surface area contributed by atoms with Crippen LogP contribution in [0.5, 0.6) is 0 Å². The van der Waals surface area contributed by atoms with Crippen molar-refractivity contribution < 1.29 is 18.7 Å². The van der Waals surface area contributed by atoms with Crippen LogP contribution in [0.25, 0.3) is 0 Å². The van der Waals surface area contributed by atoms with Crippen LogP contribution in [0.3, 0.4) is 0 Å². The number of carboxylic acid groups (broad SMARTS) is 1. The van der Waals surface area contributed by atoms with E-state index < -0.39 is 18.1 Å². The number of hydrogen-bond donors (Lipinski definition) is 1. The molecule has 1 aliphatic rings. The fourth-order valence-electron chi connectivity index (χ4n) is 1.80. The number of fused-ring (bicyclic) bond motifs is 1. The lowest BCUT2D eigenvalue weighted by atomic mass is 9.96. The molecule has 3 nitrogen and oxygen atoms in total. The number of carbonyl (C=O) groups is 1. The van der Waals surface area contributed by atoms with Crippen LogP contribution in [-0.4, -0.2) is 11.1 Å². The average molecular weight is 184 g/mol. The van der Waals surface area contributed by atoms with Gasteiger partial charge >= 0.3 is 5.97 Å². The van der Waals surface area contributed by atoms with E-state index in [-0.39, 0.29) is 6.42 Å². The summed E-state index contributed by atoms with van der Waals surface area (Å²) < 4.78 is 19.0. The molecular formula is C9H9FO3. The maximum atomic E-state index is 13.9. The summed E-state index contributed by atoms with van der Waals surface area (Å²) in [6.07, 6.45) is 1.64. The highest BCUT2D eigenvalue weighted by Crippen LogP contribution is 2.43. The normalized spacial score (nSPS) is 25.9. The van der Waals surface area contributed by atoms with E-state index in [2.05, 4.69) is 0 Å². The van der Waals surface area contributed by atoms with Crippen molar-refractivity contribution in [3.8, 4) is 0 Å². The molecule has 4 heteroatoms. The largest absolute Gasteiger partial charge is 0.481 e. The molecule has 0 saturated carbocycles. The summed E-state index contributed by atoms with van der Waals surface area (Å²) in [5, 5.41) is 8.53. The third kappa shape index (κ3) is 1.22. The summed E-state index contributed by atoms with van der Waals surface area (Å²) in [6, 6.07) is 1.52. The van der Waals surface area contributed by atoms with Gasteiger partial charge in [0.15, 0.2) is 0 Å². The Morgan fingerprint density at radius 3 is 3.23 bits per heavy atom. The lowest BCUT2D eigenvalue weighted by Crippen LogP contribution is -2.20. The van der Waals surface area contributed by atoms with Crippen molar-refractivity contribution in [2.45, 2.75) is 24.9 Å². The predicted octanol–water partition coefficient (Wildman–Crippen LogP) is 1.87. The van der Waals surface area contributed by atoms with E-state index in [4.69, 9.17) is 9.52 Å². The summed E-state index contributed by atoms with van der Waals surface area (Å²) in [4.78, 5) is 10.4. The Hall–Kier alpha value is -1.32. The second kappa shape index (κ2) is 2.58. The maximum absolute atomic E-state index is 13.9. The van der Waals surface area contributed by atoms with Gasteiger partial charge < -0.3 is 9.52 Å². The Bertz CT molecular complexity index is 344. The summed E-state index contributed by atoms with van der Waals surface area (Å²) in [6.45, 7) is 0. The molecular weight excluding hydrogens is 175 g/mol. The van der Waals surface area contributed by atoms with Gasteiger partial charge in [-0.15, -0.1) is 0 Å². The van der Waals surface area contributed by atoms with E-state index in [1.54, 1.807) is 0 Å². The molecule has 1 aromatic rings. The van der Waals surface area contributed by atoms with E-state index in [0.29, 0.717) is 17.7 Å². The van der Waals surface area contributed by atoms with Crippen LogP contribution in [0.2, 0.25) is 0 Å². The monoisotopic (exact) mass is 184 g/mol. The molecule has 1 aromatic heterocycles. The van der Waals surface area contributed by atoms with E-state index in [9.17, 15) is 9.18 Å². The minimum absolute atomic E-state index is 0.217. The molecule has 0 bridgehead atoms. The Labute approximate surface area is 74.2 Å². The molecule has 0 saturated heterocycles. The summed E-state index contributed by atoms with van der Waals surface area (Å²) in [7, 11) is 0. The predicted molar refractivity (Wildman–Crippen MR) is 42.1 cm³/mol. The molecule has 1 atom stereocenters. The summed E-state index contributed by atoms with van der Waals surface area (Å²) in [5.41, 5.74) is -1.30. The SMILES string of the molecule is O=C(O)CC1(F)CCc2occc21. The molecule has 70 valence electrons. The summed E-state index contributed by atoms with van der Waals surface area (Å²) in [5.74, 6) is -0.527. The van der Waals surface area contributed by atoms with Crippen molar-refractivity contribution in [2.24, 2.45) is 0 Å². The number of halogens is 1. The first-order chi connectivity index (χ1) is 6.12. The number of alkyl halides is 1. The highest BCUT2D eigenvalue weighted by molar-refractivity contribution is 5.69. The van der Waals surface area contributed by atoms with Crippen molar-refractivity contribution in [1.82, 2.24) is 0 Å². The van der Waals surface area contributed by atoms with Crippen molar-refractivity contribution in [3.05, 3.63) is 23.7 Å². The Morgan fingerprint density at radius 1 is 1.77 bits per heavy atom. The van der Waals surface area contributed by atoms with Gasteiger partial charge in [-0.3, -0.25) is 4.79 Å². The molecule has 0 amide bonds. The number of carboxylic acids is 1. The molecule has 13 heavy (non-hydrogen) atoms. The minimum Gasteiger partial charge on any atom is -0.481 e. The zero-order valence-electron chi connectivity index (χ0n) is 6.92. The number of aliphatic carboxylic acids is 1. The van der Waals surface area contributed by atoms with Gasteiger partial charge in [0.2, 0.25) is 0 Å². The van der Waals surface area contributed by atoms with Gasteiger partial charge in [0.25, 0.3) is 0 Å². The Kier molecular flexibility index (Phi) is 1.65. The van der Waals surface area contributed by atoms with Gasteiger partial charge in [-0.2, -0.15) is 0 Å². The smallest absolute Gasteiger partial charge is 0.306 e. The van der Waals surface area contributed by atoms with Crippen molar-refractivity contribution in [2.75, 3.05) is 0 Å². The zero-order chi connectivity index (χ0) is 9.47. The highest BCUT2D eigenvalue weighted by Gasteiger charge is 2.42. The van der Waals surface area contributed by atoms with Crippen LogP contribution >= 0.6 is 0 Å². The number of hydrogen-bond acceptors (Lipinski definition) is 2. The molecule has 2 rings (SSSR count). The first kappa shape index (κ1) is 8.29. The molecule has 0 spiro atoms. The Morgan fingerprint density at radius 2 is 2.54 bits per heavy atom. The number of rotatable bonds is 2. The molecule has 0 fully saturated rings. The van der Waals surface area contributed by atoms with E-state index in [0.717, 1.165) is 0 Å². The van der Waals surface area contributed by atoms with Gasteiger partial charge in [0, 0.05) is 12.0 Å². The molecule has 1 N–H and O–H groups in total. The second-order valence-electron chi connectivity index (χ2n) is 3.29.